The lowest BCUT2D eigenvalue weighted by Crippen LogP contribution is -2.37. The summed E-state index contributed by atoms with van der Waals surface area (Å²) in [7, 11) is 1.75. The van der Waals surface area contributed by atoms with Crippen LogP contribution < -0.4 is 0 Å². The van der Waals surface area contributed by atoms with Gasteiger partial charge in [0.1, 0.15) is 0 Å². The molecule has 1 atom stereocenters. The first-order chi connectivity index (χ1) is 7.57. The highest BCUT2D eigenvalue weighted by Crippen LogP contribution is 2.29. The predicted molar refractivity (Wildman–Crippen MR) is 70.3 cm³/mol. The number of ether oxygens (including phenoxy) is 2. The fourth-order valence-corrected chi connectivity index (χ4v) is 2.63. The summed E-state index contributed by atoms with van der Waals surface area (Å²) in [5.74, 6) is 0. The van der Waals surface area contributed by atoms with E-state index >= 15 is 0 Å². The second-order valence-electron chi connectivity index (χ2n) is 5.02. The Balaban J connectivity index is 2.31. The molecule has 0 aliphatic carbocycles. The van der Waals surface area contributed by atoms with Crippen LogP contribution in [0.2, 0.25) is 0 Å². The van der Waals surface area contributed by atoms with Gasteiger partial charge in [-0.1, -0.05) is 15.9 Å². The topological polar surface area (TPSA) is 21.7 Å². The highest BCUT2D eigenvalue weighted by Gasteiger charge is 2.32. The molecule has 0 aromatic rings. The molecule has 0 spiro atoms. The van der Waals surface area contributed by atoms with Gasteiger partial charge in [-0.2, -0.15) is 0 Å². The molecule has 1 heterocycles. The van der Waals surface area contributed by atoms with E-state index in [1.165, 1.54) is 12.8 Å². The molecular weight excluding hydrogens is 270 g/mol. The molecular formula is C12H24BrNO2. The van der Waals surface area contributed by atoms with Crippen LogP contribution in [-0.4, -0.2) is 55.3 Å². The number of methoxy groups -OCH3 is 1. The van der Waals surface area contributed by atoms with Crippen molar-refractivity contribution in [2.45, 2.75) is 38.4 Å². The Morgan fingerprint density at radius 1 is 1.44 bits per heavy atom. The Bertz CT molecular complexity index is 199. The standard InChI is InChI=1S/C12H24BrNO2/c1-12(2)5-4-11(16-12)10-14(7-6-13)8-9-15-3/h11H,4-10H2,1-3H3. The molecule has 0 N–H and O–H groups in total. The van der Waals surface area contributed by atoms with Gasteiger partial charge in [0.05, 0.1) is 18.3 Å². The van der Waals surface area contributed by atoms with Crippen LogP contribution in [0.4, 0.5) is 0 Å². The molecule has 1 aliphatic rings. The fraction of sp³-hybridized carbons (Fsp3) is 1.00. The molecule has 0 saturated carbocycles. The zero-order valence-electron chi connectivity index (χ0n) is 10.7. The summed E-state index contributed by atoms with van der Waals surface area (Å²) in [4.78, 5) is 2.41. The maximum absolute atomic E-state index is 6.01. The van der Waals surface area contributed by atoms with Crippen molar-refractivity contribution in [2.75, 3.05) is 38.7 Å². The van der Waals surface area contributed by atoms with Gasteiger partial charge in [-0.3, -0.25) is 4.90 Å². The summed E-state index contributed by atoms with van der Waals surface area (Å²) in [6.45, 7) is 8.22. The van der Waals surface area contributed by atoms with Crippen molar-refractivity contribution >= 4 is 15.9 Å². The number of nitrogens with zero attached hydrogens (tertiary/aromatic N) is 1. The number of hydrogen-bond acceptors (Lipinski definition) is 3. The summed E-state index contributed by atoms with van der Waals surface area (Å²) in [5, 5.41) is 1.01. The molecule has 16 heavy (non-hydrogen) atoms. The Morgan fingerprint density at radius 3 is 2.69 bits per heavy atom. The molecule has 1 unspecified atom stereocenters. The molecule has 4 heteroatoms. The molecule has 1 saturated heterocycles. The maximum atomic E-state index is 6.01. The largest absolute Gasteiger partial charge is 0.383 e. The average molecular weight is 294 g/mol. The van der Waals surface area contributed by atoms with Crippen LogP contribution in [0, 0.1) is 0 Å². The van der Waals surface area contributed by atoms with Gasteiger partial charge in [0.2, 0.25) is 0 Å². The van der Waals surface area contributed by atoms with Gasteiger partial charge in [0.15, 0.2) is 0 Å². The number of hydrogen-bond donors (Lipinski definition) is 0. The average Bonchev–Trinajstić information content (AvgIpc) is 2.55. The Hall–Kier alpha value is 0.360. The zero-order chi connectivity index (χ0) is 12.0. The van der Waals surface area contributed by atoms with Crippen molar-refractivity contribution in [3.8, 4) is 0 Å². The van der Waals surface area contributed by atoms with Crippen LogP contribution in [0.25, 0.3) is 0 Å². The smallest absolute Gasteiger partial charge is 0.0710 e. The van der Waals surface area contributed by atoms with Gasteiger partial charge in [0, 0.05) is 32.1 Å². The van der Waals surface area contributed by atoms with Crippen molar-refractivity contribution in [3.05, 3.63) is 0 Å². The van der Waals surface area contributed by atoms with E-state index in [2.05, 4.69) is 34.7 Å². The molecule has 96 valence electrons. The summed E-state index contributed by atoms with van der Waals surface area (Å²) in [6, 6.07) is 0. The summed E-state index contributed by atoms with van der Waals surface area (Å²) in [5.41, 5.74) is 0.0754. The molecule has 0 bridgehead atoms. The molecule has 1 aliphatic heterocycles. The van der Waals surface area contributed by atoms with Gasteiger partial charge >= 0.3 is 0 Å². The van der Waals surface area contributed by atoms with Gasteiger partial charge in [-0.15, -0.1) is 0 Å². The van der Waals surface area contributed by atoms with Crippen molar-refractivity contribution in [2.24, 2.45) is 0 Å². The zero-order valence-corrected chi connectivity index (χ0v) is 12.3. The van der Waals surface area contributed by atoms with Gasteiger partial charge < -0.3 is 9.47 Å². The van der Waals surface area contributed by atoms with Crippen LogP contribution in [0.15, 0.2) is 0 Å². The Kier molecular flexibility index (Phi) is 6.26. The molecule has 0 radical (unpaired) electrons. The van der Waals surface area contributed by atoms with Crippen molar-refractivity contribution in [1.82, 2.24) is 4.90 Å². The SMILES string of the molecule is COCCN(CCBr)CC1CCC(C)(C)O1. The second kappa shape index (κ2) is 6.94. The predicted octanol–water partition coefficient (Wildman–Crippen LogP) is 2.29. The first-order valence-corrected chi connectivity index (χ1v) is 7.14. The summed E-state index contributed by atoms with van der Waals surface area (Å²) in [6.07, 6.45) is 2.74. The van der Waals surface area contributed by atoms with E-state index < -0.39 is 0 Å². The van der Waals surface area contributed by atoms with Crippen molar-refractivity contribution in [1.29, 1.82) is 0 Å². The normalized spacial score (nSPS) is 24.2. The van der Waals surface area contributed by atoms with Crippen molar-refractivity contribution in [3.63, 3.8) is 0 Å². The number of rotatable bonds is 7. The summed E-state index contributed by atoms with van der Waals surface area (Å²) < 4.78 is 11.1. The third kappa shape index (κ3) is 5.13. The van der Waals surface area contributed by atoms with E-state index in [1.54, 1.807) is 7.11 Å². The minimum Gasteiger partial charge on any atom is -0.383 e. The quantitative estimate of drug-likeness (QED) is 0.672. The van der Waals surface area contributed by atoms with E-state index in [9.17, 15) is 0 Å². The molecule has 0 aromatic heterocycles. The monoisotopic (exact) mass is 293 g/mol. The van der Waals surface area contributed by atoms with E-state index in [1.807, 2.05) is 0 Å². The highest BCUT2D eigenvalue weighted by atomic mass is 79.9. The second-order valence-corrected chi connectivity index (χ2v) is 5.81. The van der Waals surface area contributed by atoms with Crippen LogP contribution >= 0.6 is 15.9 Å². The van der Waals surface area contributed by atoms with E-state index in [4.69, 9.17) is 9.47 Å². The third-order valence-electron chi connectivity index (χ3n) is 3.03. The number of halogens is 1. The first-order valence-electron chi connectivity index (χ1n) is 6.02. The van der Waals surface area contributed by atoms with Crippen LogP contribution in [0.5, 0.6) is 0 Å². The maximum Gasteiger partial charge on any atom is 0.0710 e. The number of alkyl halides is 1. The minimum atomic E-state index is 0.0754. The third-order valence-corrected chi connectivity index (χ3v) is 3.38. The fourth-order valence-electron chi connectivity index (χ4n) is 2.13. The van der Waals surface area contributed by atoms with Crippen LogP contribution in [0.3, 0.4) is 0 Å². The van der Waals surface area contributed by atoms with E-state index in [-0.39, 0.29) is 5.60 Å². The van der Waals surface area contributed by atoms with Gasteiger partial charge in [0.25, 0.3) is 0 Å². The van der Waals surface area contributed by atoms with Crippen LogP contribution in [0.1, 0.15) is 26.7 Å². The Morgan fingerprint density at radius 2 is 2.19 bits per heavy atom. The lowest BCUT2D eigenvalue weighted by atomic mass is 10.1. The Labute approximate surface area is 108 Å². The van der Waals surface area contributed by atoms with Crippen LogP contribution in [-0.2, 0) is 9.47 Å². The van der Waals surface area contributed by atoms with Gasteiger partial charge in [-0.25, -0.2) is 0 Å². The van der Waals surface area contributed by atoms with Gasteiger partial charge in [-0.05, 0) is 26.7 Å². The van der Waals surface area contributed by atoms with E-state index in [0.29, 0.717) is 6.10 Å². The lowest BCUT2D eigenvalue weighted by molar-refractivity contribution is -0.0297. The molecule has 3 nitrogen and oxygen atoms in total. The van der Waals surface area contributed by atoms with E-state index in [0.717, 1.165) is 31.6 Å². The first kappa shape index (κ1) is 14.4. The summed E-state index contributed by atoms with van der Waals surface area (Å²) >= 11 is 3.49. The molecule has 1 rings (SSSR count). The molecule has 0 aromatic carbocycles. The molecule has 0 amide bonds. The lowest BCUT2D eigenvalue weighted by Gasteiger charge is -2.26. The minimum absolute atomic E-state index is 0.0754. The van der Waals surface area contributed by atoms with Crippen molar-refractivity contribution < 1.29 is 9.47 Å². The molecule has 1 fully saturated rings. The highest BCUT2D eigenvalue weighted by molar-refractivity contribution is 9.09.